The molecule has 1 aromatic carbocycles. The monoisotopic (exact) mass is 263 g/mol. The van der Waals surface area contributed by atoms with Gasteiger partial charge in [-0.15, -0.1) is 0 Å². The highest BCUT2D eigenvalue weighted by atomic mass is 16.5. The van der Waals surface area contributed by atoms with E-state index in [0.717, 1.165) is 5.56 Å². The average Bonchev–Trinajstić information content (AvgIpc) is 2.91. The number of hydrogen-bond donors (Lipinski definition) is 1. The Morgan fingerprint density at radius 3 is 2.37 bits per heavy atom. The summed E-state index contributed by atoms with van der Waals surface area (Å²) in [7, 11) is 3.17. The molecule has 0 aliphatic heterocycles. The third-order valence-electron chi connectivity index (χ3n) is 2.79. The normalized spacial score (nSPS) is 10.3. The summed E-state index contributed by atoms with van der Waals surface area (Å²) in [6.45, 7) is 0.689. The molecule has 102 valence electrons. The van der Waals surface area contributed by atoms with E-state index in [4.69, 9.17) is 24.4 Å². The van der Waals surface area contributed by atoms with Crippen molar-refractivity contribution in [3.05, 3.63) is 41.9 Å². The molecular formula is C14H17NO4. The second kappa shape index (κ2) is 6.15. The van der Waals surface area contributed by atoms with E-state index in [1.807, 2.05) is 24.3 Å². The number of ether oxygens (including phenoxy) is 3. The Morgan fingerprint density at radius 1 is 1.11 bits per heavy atom. The van der Waals surface area contributed by atoms with Crippen molar-refractivity contribution in [3.8, 4) is 17.2 Å². The third kappa shape index (κ3) is 2.82. The maximum Gasteiger partial charge on any atom is 0.203 e. The van der Waals surface area contributed by atoms with Gasteiger partial charge in [-0.3, -0.25) is 0 Å². The van der Waals surface area contributed by atoms with E-state index in [2.05, 4.69) is 0 Å². The molecule has 0 saturated heterocycles. The van der Waals surface area contributed by atoms with Crippen LogP contribution in [0.5, 0.6) is 17.2 Å². The van der Waals surface area contributed by atoms with Gasteiger partial charge in [0.05, 0.1) is 20.5 Å². The van der Waals surface area contributed by atoms with Crippen LogP contribution in [0.1, 0.15) is 11.3 Å². The van der Waals surface area contributed by atoms with E-state index in [9.17, 15) is 0 Å². The third-order valence-corrected chi connectivity index (χ3v) is 2.79. The number of benzene rings is 1. The van der Waals surface area contributed by atoms with E-state index in [-0.39, 0.29) is 6.61 Å². The van der Waals surface area contributed by atoms with Crippen molar-refractivity contribution in [1.29, 1.82) is 0 Å². The summed E-state index contributed by atoms with van der Waals surface area (Å²) < 4.78 is 21.6. The Kier molecular flexibility index (Phi) is 4.30. The summed E-state index contributed by atoms with van der Waals surface area (Å²) in [5.41, 5.74) is 6.54. The standard InChI is InChI=1S/C14H17NO4/c1-16-11-4-3-5-12(17-2)14(11)19-9-13-10(8-15)6-7-18-13/h3-7H,8-9,15H2,1-2H3. The fourth-order valence-corrected chi connectivity index (χ4v) is 1.77. The predicted octanol–water partition coefficient (Wildman–Crippen LogP) is 2.33. The fourth-order valence-electron chi connectivity index (χ4n) is 1.77. The van der Waals surface area contributed by atoms with E-state index in [1.54, 1.807) is 20.5 Å². The minimum absolute atomic E-state index is 0.274. The average molecular weight is 263 g/mol. The van der Waals surface area contributed by atoms with E-state index >= 15 is 0 Å². The van der Waals surface area contributed by atoms with Gasteiger partial charge in [-0.2, -0.15) is 0 Å². The lowest BCUT2D eigenvalue weighted by atomic mass is 10.2. The predicted molar refractivity (Wildman–Crippen MR) is 70.5 cm³/mol. The molecule has 19 heavy (non-hydrogen) atoms. The van der Waals surface area contributed by atoms with Crippen molar-refractivity contribution in [2.24, 2.45) is 5.73 Å². The maximum atomic E-state index is 5.74. The van der Waals surface area contributed by atoms with Gasteiger partial charge in [0.25, 0.3) is 0 Å². The molecule has 0 unspecified atom stereocenters. The Morgan fingerprint density at radius 2 is 1.79 bits per heavy atom. The summed E-state index contributed by atoms with van der Waals surface area (Å²) in [6.07, 6.45) is 1.60. The lowest BCUT2D eigenvalue weighted by molar-refractivity contribution is 0.241. The molecule has 0 fully saturated rings. The lowest BCUT2D eigenvalue weighted by Gasteiger charge is -2.13. The molecular weight excluding hydrogens is 246 g/mol. The van der Waals surface area contributed by atoms with Crippen LogP contribution >= 0.6 is 0 Å². The molecule has 1 heterocycles. The molecule has 0 atom stereocenters. The number of furan rings is 1. The maximum absolute atomic E-state index is 5.74. The van der Waals surface area contributed by atoms with Crippen LogP contribution in [-0.4, -0.2) is 14.2 Å². The van der Waals surface area contributed by atoms with Crippen molar-refractivity contribution in [1.82, 2.24) is 0 Å². The number of para-hydroxylation sites is 1. The zero-order chi connectivity index (χ0) is 13.7. The van der Waals surface area contributed by atoms with Crippen LogP contribution in [0.4, 0.5) is 0 Å². The SMILES string of the molecule is COc1cccc(OC)c1OCc1occc1CN. The quantitative estimate of drug-likeness (QED) is 0.866. The molecule has 0 saturated carbocycles. The summed E-state index contributed by atoms with van der Waals surface area (Å²) in [5, 5.41) is 0. The first-order chi connectivity index (χ1) is 9.30. The largest absolute Gasteiger partial charge is 0.493 e. The van der Waals surface area contributed by atoms with Crippen LogP contribution in [0, 0.1) is 0 Å². The van der Waals surface area contributed by atoms with Crippen molar-refractivity contribution >= 4 is 0 Å². The zero-order valence-electron chi connectivity index (χ0n) is 11.0. The molecule has 2 aromatic rings. The van der Waals surface area contributed by atoms with Gasteiger partial charge in [0.15, 0.2) is 11.5 Å². The van der Waals surface area contributed by atoms with Gasteiger partial charge in [0.2, 0.25) is 5.75 Å². The number of rotatable bonds is 6. The Hall–Kier alpha value is -2.14. The molecule has 0 amide bonds. The van der Waals surface area contributed by atoms with Crippen LogP contribution in [0.2, 0.25) is 0 Å². The van der Waals surface area contributed by atoms with Gasteiger partial charge >= 0.3 is 0 Å². The van der Waals surface area contributed by atoms with Crippen molar-refractivity contribution in [3.63, 3.8) is 0 Å². The lowest BCUT2D eigenvalue weighted by Crippen LogP contribution is -2.03. The van der Waals surface area contributed by atoms with Crippen molar-refractivity contribution in [2.75, 3.05) is 14.2 Å². The van der Waals surface area contributed by atoms with E-state index in [0.29, 0.717) is 29.6 Å². The van der Waals surface area contributed by atoms with Gasteiger partial charge < -0.3 is 24.4 Å². The molecule has 2 rings (SSSR count). The number of hydrogen-bond acceptors (Lipinski definition) is 5. The van der Waals surface area contributed by atoms with Crippen LogP contribution in [0.15, 0.2) is 34.9 Å². The Balaban J connectivity index is 2.19. The summed E-state index contributed by atoms with van der Waals surface area (Å²) in [5.74, 6) is 2.47. The fraction of sp³-hybridized carbons (Fsp3) is 0.286. The minimum atomic E-state index is 0.274. The molecule has 0 radical (unpaired) electrons. The first-order valence-electron chi connectivity index (χ1n) is 5.89. The van der Waals surface area contributed by atoms with Gasteiger partial charge in [0.1, 0.15) is 12.4 Å². The molecule has 1 aromatic heterocycles. The number of nitrogens with two attached hydrogens (primary N) is 1. The van der Waals surface area contributed by atoms with E-state index < -0.39 is 0 Å². The topological polar surface area (TPSA) is 66.8 Å². The molecule has 2 N–H and O–H groups in total. The Bertz CT molecular complexity index is 514. The molecule has 0 bridgehead atoms. The second-order valence-corrected chi connectivity index (χ2v) is 3.85. The molecule has 5 nitrogen and oxygen atoms in total. The second-order valence-electron chi connectivity index (χ2n) is 3.85. The Labute approximate surface area is 111 Å². The smallest absolute Gasteiger partial charge is 0.203 e. The van der Waals surface area contributed by atoms with Crippen LogP contribution in [0.3, 0.4) is 0 Å². The van der Waals surface area contributed by atoms with Gasteiger partial charge in [0, 0.05) is 12.1 Å². The van der Waals surface area contributed by atoms with Gasteiger partial charge in [-0.1, -0.05) is 6.07 Å². The zero-order valence-corrected chi connectivity index (χ0v) is 11.0. The van der Waals surface area contributed by atoms with Crippen LogP contribution < -0.4 is 19.9 Å². The van der Waals surface area contributed by atoms with Crippen LogP contribution in [0.25, 0.3) is 0 Å². The molecule has 0 aliphatic rings. The summed E-state index contributed by atoms with van der Waals surface area (Å²) in [4.78, 5) is 0. The highest BCUT2D eigenvalue weighted by Gasteiger charge is 2.13. The van der Waals surface area contributed by atoms with Crippen LogP contribution in [-0.2, 0) is 13.2 Å². The highest BCUT2D eigenvalue weighted by Crippen LogP contribution is 2.37. The molecule has 5 heteroatoms. The molecule has 0 spiro atoms. The van der Waals surface area contributed by atoms with Gasteiger partial charge in [-0.05, 0) is 18.2 Å². The molecule has 0 aliphatic carbocycles. The van der Waals surface area contributed by atoms with Crippen molar-refractivity contribution in [2.45, 2.75) is 13.2 Å². The first kappa shape index (κ1) is 13.3. The summed E-state index contributed by atoms with van der Waals surface area (Å²) in [6, 6.07) is 7.29. The van der Waals surface area contributed by atoms with E-state index in [1.165, 1.54) is 0 Å². The number of methoxy groups -OCH3 is 2. The van der Waals surface area contributed by atoms with Gasteiger partial charge in [-0.25, -0.2) is 0 Å². The minimum Gasteiger partial charge on any atom is -0.493 e. The summed E-state index contributed by atoms with van der Waals surface area (Å²) >= 11 is 0. The van der Waals surface area contributed by atoms with Crippen molar-refractivity contribution < 1.29 is 18.6 Å². The first-order valence-corrected chi connectivity index (χ1v) is 5.89. The highest BCUT2D eigenvalue weighted by molar-refractivity contribution is 5.51.